The molecule has 4 nitrogen and oxygen atoms in total. The first-order valence-electron chi connectivity index (χ1n) is 14.5. The summed E-state index contributed by atoms with van der Waals surface area (Å²) >= 11 is 8.01. The van der Waals surface area contributed by atoms with Gasteiger partial charge in [0, 0.05) is 22.1 Å². The van der Waals surface area contributed by atoms with E-state index in [1.165, 1.54) is 12.7 Å². The predicted octanol–water partition coefficient (Wildman–Crippen LogP) is 8.74. The number of hydrogen-bond donors (Lipinski definition) is 1. The molecule has 4 aromatic rings. The molecule has 1 aromatic heterocycles. The zero-order valence-electron chi connectivity index (χ0n) is 24.4. The summed E-state index contributed by atoms with van der Waals surface area (Å²) in [6.07, 6.45) is 7.23. The quantitative estimate of drug-likeness (QED) is 0.130. The van der Waals surface area contributed by atoms with E-state index in [2.05, 4.69) is 42.5 Å². The molecule has 1 heterocycles. The van der Waals surface area contributed by atoms with Crippen molar-refractivity contribution in [2.45, 2.75) is 44.6 Å². The van der Waals surface area contributed by atoms with E-state index >= 15 is 0 Å². The van der Waals surface area contributed by atoms with Gasteiger partial charge >= 0.3 is 5.97 Å². The van der Waals surface area contributed by atoms with Gasteiger partial charge in [-0.15, -0.1) is 0 Å². The topological polar surface area (TPSA) is 59.4 Å². The maximum Gasteiger partial charge on any atom is 0.309 e. The highest BCUT2D eigenvalue weighted by molar-refractivity contribution is 7.99. The Bertz CT molecular complexity index is 1570. The Balaban J connectivity index is 1.39. The Hall–Kier alpha value is -3.12. The van der Waals surface area contributed by atoms with Gasteiger partial charge in [0.05, 0.1) is 29.8 Å². The summed E-state index contributed by atoms with van der Waals surface area (Å²) in [7, 11) is 1.49. The first-order chi connectivity index (χ1) is 20.2. The molecule has 0 bridgehead atoms. The van der Waals surface area contributed by atoms with Crippen LogP contribution in [-0.4, -0.2) is 34.7 Å². The summed E-state index contributed by atoms with van der Waals surface area (Å²) in [6, 6.07) is 26.6. The van der Waals surface area contributed by atoms with Crippen molar-refractivity contribution in [3.05, 3.63) is 112 Å². The van der Waals surface area contributed by atoms with Gasteiger partial charge in [0.15, 0.2) is 0 Å². The molecule has 218 valence electrons. The van der Waals surface area contributed by atoms with Crippen molar-refractivity contribution in [3.8, 4) is 0 Å². The van der Waals surface area contributed by atoms with E-state index in [-0.39, 0.29) is 17.8 Å². The molecule has 1 aliphatic carbocycles. The molecule has 0 spiro atoms. The maximum absolute atomic E-state index is 12.3. The summed E-state index contributed by atoms with van der Waals surface area (Å²) in [5.41, 5.74) is 5.11. The monoisotopic (exact) mass is 599 g/mol. The van der Waals surface area contributed by atoms with Gasteiger partial charge in [-0.2, -0.15) is 11.8 Å². The average molecular weight is 600 g/mol. The molecule has 1 fully saturated rings. The molecule has 0 amide bonds. The lowest BCUT2D eigenvalue weighted by molar-refractivity contribution is -0.145. The van der Waals surface area contributed by atoms with E-state index in [1.807, 2.05) is 74.1 Å². The van der Waals surface area contributed by atoms with E-state index in [1.54, 1.807) is 0 Å². The molecule has 42 heavy (non-hydrogen) atoms. The van der Waals surface area contributed by atoms with Gasteiger partial charge in [0.1, 0.15) is 0 Å². The number of carbonyl (C=O) groups is 1. The Labute approximate surface area is 258 Å². The van der Waals surface area contributed by atoms with Crippen LogP contribution in [0.5, 0.6) is 0 Å². The van der Waals surface area contributed by atoms with Crippen molar-refractivity contribution >= 4 is 52.4 Å². The molecular weight excluding hydrogens is 562 g/mol. The molecule has 5 rings (SSSR count). The number of aliphatic hydroxyl groups is 1. The van der Waals surface area contributed by atoms with E-state index in [9.17, 15) is 9.90 Å². The first-order valence-corrected chi connectivity index (χ1v) is 16.1. The van der Waals surface area contributed by atoms with Crippen LogP contribution in [0.1, 0.15) is 67.0 Å². The Morgan fingerprint density at radius 1 is 1.07 bits per heavy atom. The van der Waals surface area contributed by atoms with Crippen LogP contribution in [0.2, 0.25) is 5.02 Å². The highest BCUT2D eigenvalue weighted by Gasteiger charge is 2.36. The lowest BCUT2D eigenvalue weighted by Crippen LogP contribution is -2.21. The zero-order chi connectivity index (χ0) is 29.7. The number of rotatable bonds is 12. The fourth-order valence-corrected chi connectivity index (χ4v) is 6.98. The number of halogens is 1. The molecule has 6 heteroatoms. The molecule has 1 unspecified atom stereocenters. The molecule has 1 aliphatic rings. The van der Waals surface area contributed by atoms with Crippen molar-refractivity contribution in [2.75, 3.05) is 18.6 Å². The Morgan fingerprint density at radius 3 is 2.62 bits per heavy atom. The standard InChI is InChI=1S/C36H38ClNO3S/c1-36(2,40)33-10-5-4-9-31(33)30(19-20-42-23-32(25-12-13-25)35(39)41-3)27-8-6-7-24(21-27)11-17-29-18-15-26-14-16-28(37)22-34(26)38-29/h4-11,14-18,21-22,25,30,32,40H,12-13,19-20,23H2,1-3H3/t30-,32?/m1/s1. The molecule has 1 saturated carbocycles. The summed E-state index contributed by atoms with van der Waals surface area (Å²) in [6.45, 7) is 3.69. The van der Waals surface area contributed by atoms with Crippen LogP contribution < -0.4 is 0 Å². The molecule has 1 N–H and O–H groups in total. The molecule has 0 saturated heterocycles. The summed E-state index contributed by atoms with van der Waals surface area (Å²) in [4.78, 5) is 17.1. The lowest BCUT2D eigenvalue weighted by Gasteiger charge is -2.27. The van der Waals surface area contributed by atoms with Crippen LogP contribution in [0.4, 0.5) is 0 Å². The molecule has 2 atom stereocenters. The summed E-state index contributed by atoms with van der Waals surface area (Å²) < 4.78 is 5.08. The van der Waals surface area contributed by atoms with Crippen LogP contribution in [0.25, 0.3) is 23.1 Å². The van der Waals surface area contributed by atoms with Gasteiger partial charge in [0.2, 0.25) is 0 Å². The number of pyridine rings is 1. The van der Waals surface area contributed by atoms with Gasteiger partial charge in [-0.05, 0) is 91.3 Å². The predicted molar refractivity (Wildman–Crippen MR) is 176 cm³/mol. The van der Waals surface area contributed by atoms with Crippen molar-refractivity contribution in [2.24, 2.45) is 11.8 Å². The third kappa shape index (κ3) is 7.63. The van der Waals surface area contributed by atoms with Crippen molar-refractivity contribution in [1.82, 2.24) is 4.98 Å². The number of fused-ring (bicyclic) bond motifs is 1. The fourth-order valence-electron chi connectivity index (χ4n) is 5.58. The van der Waals surface area contributed by atoms with Crippen molar-refractivity contribution in [1.29, 1.82) is 0 Å². The van der Waals surface area contributed by atoms with Crippen LogP contribution in [0, 0.1) is 11.8 Å². The van der Waals surface area contributed by atoms with Gasteiger partial charge in [-0.1, -0.05) is 78.3 Å². The van der Waals surface area contributed by atoms with E-state index in [0.29, 0.717) is 10.9 Å². The van der Waals surface area contributed by atoms with Crippen LogP contribution in [0.3, 0.4) is 0 Å². The minimum absolute atomic E-state index is 0.0182. The lowest BCUT2D eigenvalue weighted by atomic mass is 9.81. The van der Waals surface area contributed by atoms with Gasteiger partial charge in [-0.25, -0.2) is 4.98 Å². The number of carbonyl (C=O) groups excluding carboxylic acids is 1. The first kappa shape index (κ1) is 30.3. The highest BCUT2D eigenvalue weighted by atomic mass is 35.5. The van der Waals surface area contributed by atoms with Gasteiger partial charge < -0.3 is 9.84 Å². The number of hydrogen-bond acceptors (Lipinski definition) is 5. The molecular formula is C36H38ClNO3S. The number of nitrogens with zero attached hydrogens (tertiary/aromatic N) is 1. The summed E-state index contributed by atoms with van der Waals surface area (Å²) in [5.74, 6) is 2.13. The fraction of sp³-hybridized carbons (Fsp3) is 0.333. The average Bonchev–Trinajstić information content (AvgIpc) is 3.82. The van der Waals surface area contributed by atoms with Crippen LogP contribution in [0.15, 0.2) is 78.9 Å². The largest absolute Gasteiger partial charge is 0.469 e. The third-order valence-corrected chi connectivity index (χ3v) is 9.33. The SMILES string of the molecule is COC(=O)C(CSCC[C@H](c1cccc(C=Cc2ccc3ccc(Cl)cc3n2)c1)c1ccccc1C(C)(C)O)C1CC1. The minimum atomic E-state index is -0.966. The number of methoxy groups -OCH3 is 1. The second-order valence-electron chi connectivity index (χ2n) is 11.6. The second kappa shape index (κ2) is 13.5. The highest BCUT2D eigenvalue weighted by Crippen LogP contribution is 2.40. The second-order valence-corrected chi connectivity index (χ2v) is 13.2. The molecule has 0 radical (unpaired) electrons. The number of thioether (sulfide) groups is 1. The van der Waals surface area contributed by atoms with E-state index in [0.717, 1.165) is 64.1 Å². The maximum atomic E-state index is 12.3. The smallest absolute Gasteiger partial charge is 0.309 e. The molecule has 3 aromatic carbocycles. The zero-order valence-corrected chi connectivity index (χ0v) is 26.0. The molecule has 0 aliphatic heterocycles. The number of ether oxygens (including phenoxy) is 1. The van der Waals surface area contributed by atoms with E-state index < -0.39 is 5.60 Å². The number of benzene rings is 3. The third-order valence-electron chi connectivity index (χ3n) is 7.97. The normalized spacial score (nSPS) is 15.2. The van der Waals surface area contributed by atoms with Crippen LogP contribution >= 0.6 is 23.4 Å². The van der Waals surface area contributed by atoms with E-state index in [4.69, 9.17) is 21.3 Å². The van der Waals surface area contributed by atoms with Crippen molar-refractivity contribution in [3.63, 3.8) is 0 Å². The van der Waals surface area contributed by atoms with Crippen LogP contribution in [-0.2, 0) is 15.1 Å². The minimum Gasteiger partial charge on any atom is -0.469 e. The van der Waals surface area contributed by atoms with Gasteiger partial charge in [0.25, 0.3) is 0 Å². The Morgan fingerprint density at radius 2 is 1.86 bits per heavy atom. The Kier molecular flexibility index (Phi) is 9.72. The summed E-state index contributed by atoms with van der Waals surface area (Å²) in [5, 5.41) is 12.8. The number of esters is 1. The van der Waals surface area contributed by atoms with Gasteiger partial charge in [-0.3, -0.25) is 4.79 Å². The van der Waals surface area contributed by atoms with Crippen molar-refractivity contribution < 1.29 is 14.6 Å². The number of aromatic nitrogens is 1.